The minimum absolute atomic E-state index is 0.386. The molecule has 0 aliphatic rings. The Morgan fingerprint density at radius 2 is 1.22 bits per heavy atom. The summed E-state index contributed by atoms with van der Waals surface area (Å²) >= 11 is 0. The van der Waals surface area contributed by atoms with Gasteiger partial charge in [0.25, 0.3) is 0 Å². The summed E-state index contributed by atoms with van der Waals surface area (Å²) in [4.78, 5) is 9.88. The van der Waals surface area contributed by atoms with Gasteiger partial charge < -0.3 is 10.2 Å². The predicted molar refractivity (Wildman–Crippen MR) is 188 cm³/mol. The van der Waals surface area contributed by atoms with E-state index in [4.69, 9.17) is 20.1 Å². The number of para-hydroxylation sites is 1. The minimum atomic E-state index is 0.386. The van der Waals surface area contributed by atoms with Gasteiger partial charge in [0.15, 0.2) is 5.84 Å². The van der Waals surface area contributed by atoms with E-state index in [0.29, 0.717) is 18.2 Å². The van der Waals surface area contributed by atoms with Crippen molar-refractivity contribution in [2.75, 3.05) is 0 Å². The number of fused-ring (bicyclic) bond motifs is 6. The van der Waals surface area contributed by atoms with Crippen molar-refractivity contribution in [1.82, 2.24) is 0 Å². The summed E-state index contributed by atoms with van der Waals surface area (Å²) in [7, 11) is 0. The fourth-order valence-corrected chi connectivity index (χ4v) is 6.23. The molecule has 0 atom stereocenters. The molecule has 0 bridgehead atoms. The molecule has 0 aliphatic heterocycles. The first-order chi connectivity index (χ1) is 22.2. The molecule has 0 unspecified atom stereocenters. The zero-order chi connectivity index (χ0) is 30.2. The molecule has 0 saturated carbocycles. The molecule has 0 fully saturated rings. The third-order valence-electron chi connectivity index (χ3n) is 8.37. The number of nitrogens with zero attached hydrogens (tertiary/aromatic N) is 2. The number of hydrogen-bond donors (Lipinski definition) is 1. The molecular formula is C41H29N3O. The second-order valence-corrected chi connectivity index (χ2v) is 11.1. The Morgan fingerprint density at radius 1 is 0.578 bits per heavy atom. The third kappa shape index (κ3) is 4.83. The summed E-state index contributed by atoms with van der Waals surface area (Å²) < 4.78 is 6.64. The SMILES string of the molecule is NC(=NC(=NCc1ccccc1)c1ccccc1)c1ccc(-c2cc3ccccc3c3ccccc23)c2oc3ccccc3c12. The Labute approximate surface area is 260 Å². The highest BCUT2D eigenvalue weighted by molar-refractivity contribution is 6.24. The van der Waals surface area contributed by atoms with Gasteiger partial charge in [-0.3, -0.25) is 4.99 Å². The summed E-state index contributed by atoms with van der Waals surface area (Å²) in [5.41, 5.74) is 13.4. The average Bonchev–Trinajstić information content (AvgIpc) is 3.50. The van der Waals surface area contributed by atoms with Gasteiger partial charge in [-0.2, -0.15) is 0 Å². The molecule has 0 saturated heterocycles. The van der Waals surface area contributed by atoms with Gasteiger partial charge in [-0.25, -0.2) is 4.99 Å². The Balaban J connectivity index is 1.34. The third-order valence-corrected chi connectivity index (χ3v) is 8.37. The van der Waals surface area contributed by atoms with E-state index in [9.17, 15) is 0 Å². The minimum Gasteiger partial charge on any atom is -0.455 e. The lowest BCUT2D eigenvalue weighted by Gasteiger charge is -2.13. The van der Waals surface area contributed by atoms with Gasteiger partial charge in [0.1, 0.15) is 17.0 Å². The number of rotatable bonds is 5. The smallest absolute Gasteiger partial charge is 0.157 e. The highest BCUT2D eigenvalue weighted by Gasteiger charge is 2.20. The number of nitrogens with two attached hydrogens (primary N) is 1. The Hall–Kier alpha value is -6.00. The van der Waals surface area contributed by atoms with Crippen molar-refractivity contribution in [3.8, 4) is 11.1 Å². The van der Waals surface area contributed by atoms with Crippen LogP contribution >= 0.6 is 0 Å². The first-order valence-electron chi connectivity index (χ1n) is 15.1. The fourth-order valence-electron chi connectivity index (χ4n) is 6.23. The lowest BCUT2D eigenvalue weighted by molar-refractivity contribution is 0.670. The molecular weight excluding hydrogens is 550 g/mol. The van der Waals surface area contributed by atoms with Gasteiger partial charge >= 0.3 is 0 Å². The number of benzene rings is 7. The van der Waals surface area contributed by atoms with Crippen LogP contribution in [-0.2, 0) is 6.54 Å². The number of amidine groups is 2. The molecule has 1 aromatic heterocycles. The molecule has 0 amide bonds. The van der Waals surface area contributed by atoms with Crippen LogP contribution in [0, 0.1) is 0 Å². The van der Waals surface area contributed by atoms with Crippen molar-refractivity contribution in [2.24, 2.45) is 15.7 Å². The van der Waals surface area contributed by atoms with Gasteiger partial charge in [-0.15, -0.1) is 0 Å². The summed E-state index contributed by atoms with van der Waals surface area (Å²) in [6.45, 7) is 0.500. The Bertz CT molecular complexity index is 2400. The van der Waals surface area contributed by atoms with Crippen molar-refractivity contribution in [2.45, 2.75) is 6.54 Å². The Morgan fingerprint density at radius 3 is 2.02 bits per heavy atom. The van der Waals surface area contributed by atoms with Crippen LogP contribution in [0.5, 0.6) is 0 Å². The van der Waals surface area contributed by atoms with E-state index in [0.717, 1.165) is 49.8 Å². The van der Waals surface area contributed by atoms with E-state index in [1.807, 2.05) is 66.7 Å². The zero-order valence-electron chi connectivity index (χ0n) is 24.5. The van der Waals surface area contributed by atoms with Crippen LogP contribution in [0.3, 0.4) is 0 Å². The van der Waals surface area contributed by atoms with E-state index in [2.05, 4.69) is 84.9 Å². The standard InChI is InChI=1S/C41H29N3O/c42-40(44-41(28-15-5-2-6-16-28)43-26-27-13-3-1-4-14-27)35-24-23-33(39-38(35)34-21-11-12-22-37(34)45-39)36-25-29-17-7-8-18-30(29)31-19-9-10-20-32(31)36/h1-25H,26H2,(H2,42,43,44). The number of hydrogen-bond acceptors (Lipinski definition) is 2. The lowest BCUT2D eigenvalue weighted by atomic mass is 9.91. The Kier molecular flexibility index (Phi) is 6.65. The van der Waals surface area contributed by atoms with E-state index < -0.39 is 0 Å². The molecule has 2 N–H and O–H groups in total. The summed E-state index contributed by atoms with van der Waals surface area (Å²) in [5.74, 6) is 0.972. The normalized spacial score (nSPS) is 12.4. The summed E-state index contributed by atoms with van der Waals surface area (Å²) in [6.07, 6.45) is 0. The quantitative estimate of drug-likeness (QED) is 0.125. The van der Waals surface area contributed by atoms with Crippen LogP contribution in [0.15, 0.2) is 166 Å². The van der Waals surface area contributed by atoms with Crippen LogP contribution in [0.25, 0.3) is 54.6 Å². The van der Waals surface area contributed by atoms with Crippen molar-refractivity contribution in [1.29, 1.82) is 0 Å². The van der Waals surface area contributed by atoms with Gasteiger partial charge in [0.05, 0.1) is 6.54 Å². The van der Waals surface area contributed by atoms with Crippen LogP contribution in [0.1, 0.15) is 16.7 Å². The number of furan rings is 1. The van der Waals surface area contributed by atoms with Gasteiger partial charge in [0, 0.05) is 27.5 Å². The molecule has 0 radical (unpaired) electrons. The maximum absolute atomic E-state index is 6.90. The monoisotopic (exact) mass is 579 g/mol. The van der Waals surface area contributed by atoms with Crippen molar-refractivity contribution in [3.63, 3.8) is 0 Å². The van der Waals surface area contributed by atoms with Crippen molar-refractivity contribution < 1.29 is 4.42 Å². The summed E-state index contributed by atoms with van der Waals surface area (Å²) in [5, 5.41) is 6.73. The van der Waals surface area contributed by atoms with Crippen LogP contribution < -0.4 is 5.73 Å². The molecule has 0 spiro atoms. The molecule has 45 heavy (non-hydrogen) atoms. The molecule has 8 rings (SSSR count). The first-order valence-corrected chi connectivity index (χ1v) is 15.1. The summed E-state index contributed by atoms with van der Waals surface area (Å²) in [6, 6.07) is 51.8. The van der Waals surface area contributed by atoms with Crippen molar-refractivity contribution in [3.05, 3.63) is 168 Å². The molecule has 214 valence electrons. The van der Waals surface area contributed by atoms with Crippen molar-refractivity contribution >= 4 is 55.2 Å². The second-order valence-electron chi connectivity index (χ2n) is 11.1. The van der Waals surface area contributed by atoms with Gasteiger partial charge in [0.2, 0.25) is 0 Å². The highest BCUT2D eigenvalue weighted by Crippen LogP contribution is 2.42. The molecule has 8 aromatic rings. The highest BCUT2D eigenvalue weighted by atomic mass is 16.3. The maximum atomic E-state index is 6.90. The molecule has 1 heterocycles. The lowest BCUT2D eigenvalue weighted by Crippen LogP contribution is -2.17. The maximum Gasteiger partial charge on any atom is 0.157 e. The predicted octanol–water partition coefficient (Wildman–Crippen LogP) is 9.91. The van der Waals surface area contributed by atoms with E-state index in [-0.39, 0.29) is 0 Å². The molecule has 4 heteroatoms. The first kappa shape index (κ1) is 26.6. The molecule has 0 aliphatic carbocycles. The van der Waals surface area contributed by atoms with Crippen LogP contribution in [0.4, 0.5) is 0 Å². The zero-order valence-corrected chi connectivity index (χ0v) is 24.5. The average molecular weight is 580 g/mol. The van der Waals surface area contributed by atoms with Gasteiger partial charge in [-0.1, -0.05) is 127 Å². The topological polar surface area (TPSA) is 63.9 Å². The van der Waals surface area contributed by atoms with Crippen LogP contribution in [-0.4, -0.2) is 11.7 Å². The van der Waals surface area contributed by atoms with E-state index in [1.165, 1.54) is 21.5 Å². The largest absolute Gasteiger partial charge is 0.455 e. The fraction of sp³-hybridized carbons (Fsp3) is 0.0244. The van der Waals surface area contributed by atoms with Crippen LogP contribution in [0.2, 0.25) is 0 Å². The van der Waals surface area contributed by atoms with Gasteiger partial charge in [-0.05, 0) is 56.9 Å². The molecule has 4 nitrogen and oxygen atoms in total. The molecule has 7 aromatic carbocycles. The van der Waals surface area contributed by atoms with E-state index in [1.54, 1.807) is 0 Å². The second kappa shape index (κ2) is 11.3. The van der Waals surface area contributed by atoms with E-state index >= 15 is 0 Å². The number of aliphatic imine (C=N–C) groups is 2.